The van der Waals surface area contributed by atoms with E-state index >= 15 is 0 Å². The SMILES string of the molecule is CC(Oc1ccc(Br)c(NCCO[Si](C)(C)C(C)(C)C)c1)C(F)(F)F. The van der Waals surface area contributed by atoms with Crippen molar-refractivity contribution in [2.24, 2.45) is 0 Å². The number of benzene rings is 1. The van der Waals surface area contributed by atoms with Crippen LogP contribution in [0.4, 0.5) is 18.9 Å². The minimum Gasteiger partial charge on any atom is -0.481 e. The summed E-state index contributed by atoms with van der Waals surface area (Å²) in [5.74, 6) is 0.167. The van der Waals surface area contributed by atoms with Crippen molar-refractivity contribution in [2.45, 2.75) is 58.1 Å². The largest absolute Gasteiger partial charge is 0.481 e. The van der Waals surface area contributed by atoms with Crippen molar-refractivity contribution in [2.75, 3.05) is 18.5 Å². The van der Waals surface area contributed by atoms with Gasteiger partial charge < -0.3 is 14.5 Å². The minimum atomic E-state index is -4.39. The van der Waals surface area contributed by atoms with E-state index in [0.717, 1.165) is 11.4 Å². The predicted octanol–water partition coefficient (Wildman–Crippen LogP) is 6.21. The van der Waals surface area contributed by atoms with Crippen LogP contribution in [0.15, 0.2) is 22.7 Å². The fourth-order valence-electron chi connectivity index (χ4n) is 1.69. The van der Waals surface area contributed by atoms with Crippen LogP contribution in [0.3, 0.4) is 0 Å². The van der Waals surface area contributed by atoms with Gasteiger partial charge >= 0.3 is 6.18 Å². The molecule has 3 nitrogen and oxygen atoms in total. The van der Waals surface area contributed by atoms with Gasteiger partial charge in [0.2, 0.25) is 0 Å². The average molecular weight is 442 g/mol. The molecule has 0 aliphatic heterocycles. The molecular weight excluding hydrogens is 415 g/mol. The second-order valence-electron chi connectivity index (χ2n) is 7.48. The first-order chi connectivity index (χ1) is 11.2. The summed E-state index contributed by atoms with van der Waals surface area (Å²) in [5, 5.41) is 3.31. The smallest absolute Gasteiger partial charge is 0.425 e. The summed E-state index contributed by atoms with van der Waals surface area (Å²) in [6.45, 7) is 13.0. The Morgan fingerprint density at radius 1 is 1.20 bits per heavy atom. The van der Waals surface area contributed by atoms with Gasteiger partial charge in [-0.15, -0.1) is 0 Å². The van der Waals surface area contributed by atoms with Crippen molar-refractivity contribution in [3.05, 3.63) is 22.7 Å². The van der Waals surface area contributed by atoms with E-state index < -0.39 is 20.6 Å². The second kappa shape index (κ2) is 8.31. The van der Waals surface area contributed by atoms with Crippen molar-refractivity contribution < 1.29 is 22.3 Å². The number of hydrogen-bond donors (Lipinski definition) is 1. The summed E-state index contributed by atoms with van der Waals surface area (Å²) in [5.41, 5.74) is 0.672. The minimum absolute atomic E-state index is 0.134. The molecule has 0 amide bonds. The molecule has 0 saturated heterocycles. The highest BCUT2D eigenvalue weighted by Gasteiger charge is 2.38. The number of alkyl halides is 3. The Hall–Kier alpha value is -0.733. The second-order valence-corrected chi connectivity index (χ2v) is 13.1. The molecule has 0 spiro atoms. The van der Waals surface area contributed by atoms with Gasteiger partial charge in [0, 0.05) is 17.1 Å². The number of hydrogen-bond acceptors (Lipinski definition) is 3. The van der Waals surface area contributed by atoms with Crippen LogP contribution in [0.2, 0.25) is 18.1 Å². The van der Waals surface area contributed by atoms with Crippen LogP contribution in [0.5, 0.6) is 5.75 Å². The lowest BCUT2D eigenvalue weighted by molar-refractivity contribution is -0.189. The maximum atomic E-state index is 12.6. The lowest BCUT2D eigenvalue weighted by Gasteiger charge is -2.36. The predicted molar refractivity (Wildman–Crippen MR) is 102 cm³/mol. The van der Waals surface area contributed by atoms with E-state index in [4.69, 9.17) is 9.16 Å². The van der Waals surface area contributed by atoms with Gasteiger partial charge in [0.15, 0.2) is 14.4 Å². The molecule has 1 N–H and O–H groups in total. The Bertz CT molecular complexity index is 574. The molecule has 0 bridgehead atoms. The zero-order valence-electron chi connectivity index (χ0n) is 15.6. The molecule has 25 heavy (non-hydrogen) atoms. The molecule has 1 atom stereocenters. The molecule has 0 fully saturated rings. The average Bonchev–Trinajstić information content (AvgIpc) is 2.44. The van der Waals surface area contributed by atoms with Gasteiger partial charge in [0.05, 0.1) is 12.3 Å². The lowest BCUT2D eigenvalue weighted by atomic mass is 10.2. The number of anilines is 1. The number of halogens is 4. The highest BCUT2D eigenvalue weighted by atomic mass is 79.9. The fraction of sp³-hybridized carbons (Fsp3) is 0.647. The highest BCUT2D eigenvalue weighted by molar-refractivity contribution is 9.10. The van der Waals surface area contributed by atoms with Gasteiger partial charge in [-0.1, -0.05) is 20.8 Å². The van der Waals surface area contributed by atoms with Gasteiger partial charge in [-0.25, -0.2) is 0 Å². The Balaban J connectivity index is 2.63. The summed E-state index contributed by atoms with van der Waals surface area (Å²) in [4.78, 5) is 0. The van der Waals surface area contributed by atoms with E-state index in [2.05, 4.69) is 55.1 Å². The fourth-order valence-corrected chi connectivity index (χ4v) is 3.12. The molecule has 8 heteroatoms. The molecule has 0 saturated carbocycles. The maximum Gasteiger partial charge on any atom is 0.425 e. The molecule has 0 aromatic heterocycles. The van der Waals surface area contributed by atoms with Gasteiger partial charge in [-0.3, -0.25) is 0 Å². The summed E-state index contributed by atoms with van der Waals surface area (Å²) >= 11 is 3.39. The van der Waals surface area contributed by atoms with Crippen LogP contribution in [-0.2, 0) is 4.43 Å². The first kappa shape index (κ1) is 22.3. The maximum absolute atomic E-state index is 12.6. The molecular formula is C17H27BrF3NO2Si. The Morgan fingerprint density at radius 3 is 2.32 bits per heavy atom. The Kier molecular flexibility index (Phi) is 7.41. The van der Waals surface area contributed by atoms with E-state index in [1.165, 1.54) is 6.07 Å². The van der Waals surface area contributed by atoms with Crippen LogP contribution in [0, 0.1) is 0 Å². The first-order valence-electron chi connectivity index (χ1n) is 8.15. The number of ether oxygens (including phenoxy) is 1. The molecule has 144 valence electrons. The number of nitrogens with one attached hydrogen (secondary N) is 1. The van der Waals surface area contributed by atoms with Gasteiger partial charge in [0.1, 0.15) is 5.75 Å². The van der Waals surface area contributed by atoms with Crippen LogP contribution in [0.25, 0.3) is 0 Å². The molecule has 1 rings (SSSR count). The molecule has 1 aromatic rings. The van der Waals surface area contributed by atoms with Crippen LogP contribution in [0.1, 0.15) is 27.7 Å². The van der Waals surface area contributed by atoms with E-state index in [1.54, 1.807) is 12.1 Å². The molecule has 1 aromatic carbocycles. The van der Waals surface area contributed by atoms with Crippen molar-refractivity contribution in [3.8, 4) is 5.75 Å². The zero-order chi connectivity index (χ0) is 19.5. The van der Waals surface area contributed by atoms with Gasteiger partial charge in [0.25, 0.3) is 0 Å². The lowest BCUT2D eigenvalue weighted by Crippen LogP contribution is -2.41. The summed E-state index contributed by atoms with van der Waals surface area (Å²) in [6, 6.07) is 4.72. The molecule has 0 heterocycles. The van der Waals surface area contributed by atoms with Crippen LogP contribution >= 0.6 is 15.9 Å². The van der Waals surface area contributed by atoms with Crippen molar-refractivity contribution >= 4 is 29.9 Å². The van der Waals surface area contributed by atoms with E-state index in [-0.39, 0.29) is 10.8 Å². The summed E-state index contributed by atoms with van der Waals surface area (Å²) in [7, 11) is -1.81. The third kappa shape index (κ3) is 6.82. The third-order valence-electron chi connectivity index (χ3n) is 4.40. The van der Waals surface area contributed by atoms with Crippen molar-refractivity contribution in [1.29, 1.82) is 0 Å². The van der Waals surface area contributed by atoms with E-state index in [9.17, 15) is 13.2 Å². The summed E-state index contributed by atoms with van der Waals surface area (Å²) in [6.07, 6.45) is -6.25. The van der Waals surface area contributed by atoms with Gasteiger partial charge in [-0.2, -0.15) is 13.2 Å². The van der Waals surface area contributed by atoms with E-state index in [0.29, 0.717) is 18.8 Å². The Morgan fingerprint density at radius 2 is 1.80 bits per heavy atom. The highest BCUT2D eigenvalue weighted by Crippen LogP contribution is 2.36. The normalized spacial score (nSPS) is 14.3. The monoisotopic (exact) mass is 441 g/mol. The Labute approximate surface area is 157 Å². The molecule has 0 aliphatic carbocycles. The quantitative estimate of drug-likeness (QED) is 0.402. The zero-order valence-corrected chi connectivity index (χ0v) is 18.1. The third-order valence-corrected chi connectivity index (χ3v) is 9.63. The molecule has 0 radical (unpaired) electrons. The summed E-state index contributed by atoms with van der Waals surface area (Å²) < 4.78 is 49.6. The van der Waals surface area contributed by atoms with E-state index in [1.807, 2.05) is 0 Å². The molecule has 1 unspecified atom stereocenters. The van der Waals surface area contributed by atoms with Crippen LogP contribution < -0.4 is 10.1 Å². The molecule has 0 aliphatic rings. The standard InChI is InChI=1S/C17H27BrF3NO2Si/c1-12(17(19,20)21)24-13-7-8-14(18)15(11-13)22-9-10-23-25(5,6)16(2,3)4/h7-8,11-12,22H,9-10H2,1-6H3. The van der Waals surface area contributed by atoms with Crippen molar-refractivity contribution in [3.63, 3.8) is 0 Å². The number of rotatable bonds is 7. The topological polar surface area (TPSA) is 30.5 Å². The first-order valence-corrected chi connectivity index (χ1v) is 11.8. The van der Waals surface area contributed by atoms with Crippen molar-refractivity contribution in [1.82, 2.24) is 0 Å². The van der Waals surface area contributed by atoms with Crippen LogP contribution in [-0.4, -0.2) is 33.7 Å². The van der Waals surface area contributed by atoms with Gasteiger partial charge in [-0.05, 0) is 53.1 Å².